The predicted molar refractivity (Wildman–Crippen MR) is 100 cm³/mol. The first-order valence-electron chi connectivity index (χ1n) is 8.66. The second kappa shape index (κ2) is 10.1. The molecule has 0 spiro atoms. The highest BCUT2D eigenvalue weighted by atomic mass is 16.5. The lowest BCUT2D eigenvalue weighted by Gasteiger charge is -2.12. The van der Waals surface area contributed by atoms with E-state index < -0.39 is 12.0 Å². The predicted octanol–water partition coefficient (Wildman–Crippen LogP) is 3.97. The van der Waals surface area contributed by atoms with Crippen LogP contribution in [0.4, 0.5) is 10.5 Å². The molecular weight excluding hydrogens is 332 g/mol. The first kappa shape index (κ1) is 19.3. The third kappa shape index (κ3) is 5.81. The summed E-state index contributed by atoms with van der Waals surface area (Å²) >= 11 is 0. The number of anilines is 1. The van der Waals surface area contributed by atoms with Crippen molar-refractivity contribution in [2.24, 2.45) is 0 Å². The van der Waals surface area contributed by atoms with Gasteiger partial charge in [0.2, 0.25) is 0 Å². The number of hydrogen-bond acceptors (Lipinski definition) is 4. The van der Waals surface area contributed by atoms with E-state index in [2.05, 4.69) is 17.6 Å². The van der Waals surface area contributed by atoms with E-state index in [1.54, 1.807) is 31.2 Å². The summed E-state index contributed by atoms with van der Waals surface area (Å²) in [7, 11) is 0. The molecule has 2 N–H and O–H groups in total. The number of esters is 1. The van der Waals surface area contributed by atoms with E-state index in [1.807, 2.05) is 24.3 Å². The summed E-state index contributed by atoms with van der Waals surface area (Å²) in [5.74, 6) is 0.198. The molecule has 0 atom stereocenters. The minimum absolute atomic E-state index is 0.0144. The molecule has 0 aliphatic heterocycles. The van der Waals surface area contributed by atoms with E-state index >= 15 is 0 Å². The second-order valence-electron chi connectivity index (χ2n) is 5.58. The summed E-state index contributed by atoms with van der Waals surface area (Å²) in [4.78, 5) is 23.9. The van der Waals surface area contributed by atoms with Crippen LogP contribution in [0.3, 0.4) is 0 Å². The first-order chi connectivity index (χ1) is 12.6. The summed E-state index contributed by atoms with van der Waals surface area (Å²) in [6.45, 7) is 4.14. The lowest BCUT2D eigenvalue weighted by molar-refractivity contribution is 0.0527. The number of benzene rings is 2. The molecule has 26 heavy (non-hydrogen) atoms. The Balaban J connectivity index is 1.84. The van der Waals surface area contributed by atoms with Crippen LogP contribution in [-0.2, 0) is 11.2 Å². The zero-order chi connectivity index (χ0) is 18.8. The largest absolute Gasteiger partial charge is 0.473 e. The zero-order valence-electron chi connectivity index (χ0n) is 15.1. The average Bonchev–Trinajstić information content (AvgIpc) is 2.64. The molecule has 2 aromatic rings. The van der Waals surface area contributed by atoms with Crippen molar-refractivity contribution in [2.45, 2.75) is 26.7 Å². The number of nitrogens with one attached hydrogen (secondary N) is 2. The zero-order valence-corrected chi connectivity index (χ0v) is 15.1. The van der Waals surface area contributed by atoms with Crippen LogP contribution in [0.15, 0.2) is 48.5 Å². The van der Waals surface area contributed by atoms with Crippen molar-refractivity contribution in [1.29, 1.82) is 0 Å². The summed E-state index contributed by atoms with van der Waals surface area (Å²) in [5.41, 5.74) is 1.94. The Bertz CT molecular complexity index is 729. The van der Waals surface area contributed by atoms with E-state index in [1.165, 1.54) is 5.56 Å². The van der Waals surface area contributed by atoms with Crippen LogP contribution >= 0.6 is 0 Å². The van der Waals surface area contributed by atoms with Gasteiger partial charge in [0.15, 0.2) is 6.73 Å². The van der Waals surface area contributed by atoms with Gasteiger partial charge in [-0.05, 0) is 43.2 Å². The quantitative estimate of drug-likeness (QED) is 0.554. The van der Waals surface area contributed by atoms with Crippen molar-refractivity contribution in [2.75, 3.05) is 18.7 Å². The highest BCUT2D eigenvalue weighted by Gasteiger charge is 2.13. The molecule has 2 aromatic carbocycles. The molecule has 6 nitrogen and oxygen atoms in total. The molecule has 0 saturated carbocycles. The third-order valence-corrected chi connectivity index (χ3v) is 3.60. The number of rotatable bonds is 8. The Hall–Kier alpha value is -3.02. The maximum atomic E-state index is 12.0. The van der Waals surface area contributed by atoms with Gasteiger partial charge in [-0.1, -0.05) is 37.6 Å². The van der Waals surface area contributed by atoms with Crippen LogP contribution in [0.1, 0.15) is 36.2 Å². The van der Waals surface area contributed by atoms with Crippen LogP contribution in [0.25, 0.3) is 0 Å². The standard InChI is InChI=1S/C20H24N2O4/c1-3-7-15-10-12-16(13-11-15)26-14-21-20(24)22-18-9-6-5-8-17(18)19(23)25-4-2/h5-6,8-13H,3-4,7,14H2,1-2H3,(H2,21,22,24). The molecule has 2 rings (SSSR count). The van der Waals surface area contributed by atoms with Gasteiger partial charge in [0, 0.05) is 0 Å². The van der Waals surface area contributed by atoms with E-state index in [4.69, 9.17) is 9.47 Å². The number of ether oxygens (including phenoxy) is 2. The van der Waals surface area contributed by atoms with E-state index in [-0.39, 0.29) is 13.3 Å². The van der Waals surface area contributed by atoms with Gasteiger partial charge in [0.05, 0.1) is 17.9 Å². The summed E-state index contributed by atoms with van der Waals surface area (Å²) < 4.78 is 10.5. The van der Waals surface area contributed by atoms with Crippen molar-refractivity contribution >= 4 is 17.7 Å². The SMILES string of the molecule is CCCc1ccc(OCNC(=O)Nc2ccccc2C(=O)OCC)cc1. The monoisotopic (exact) mass is 356 g/mol. The van der Waals surface area contributed by atoms with Crippen LogP contribution in [0, 0.1) is 0 Å². The molecule has 138 valence electrons. The number of para-hydroxylation sites is 1. The molecule has 0 heterocycles. The first-order valence-corrected chi connectivity index (χ1v) is 8.66. The lowest BCUT2D eigenvalue weighted by atomic mass is 10.1. The third-order valence-electron chi connectivity index (χ3n) is 3.60. The van der Waals surface area contributed by atoms with Crippen LogP contribution < -0.4 is 15.4 Å². The fourth-order valence-electron chi connectivity index (χ4n) is 2.37. The maximum absolute atomic E-state index is 12.0. The summed E-state index contributed by atoms with van der Waals surface area (Å²) in [5, 5.41) is 5.22. The molecule has 0 radical (unpaired) electrons. The fourth-order valence-corrected chi connectivity index (χ4v) is 2.37. The number of carbonyl (C=O) groups is 2. The van der Waals surface area contributed by atoms with E-state index in [0.29, 0.717) is 17.0 Å². The summed E-state index contributed by atoms with van der Waals surface area (Å²) in [6.07, 6.45) is 2.12. The minimum atomic E-state index is -0.480. The van der Waals surface area contributed by atoms with Crippen molar-refractivity contribution in [3.8, 4) is 5.75 Å². The van der Waals surface area contributed by atoms with Gasteiger partial charge in [-0.15, -0.1) is 0 Å². The Kier molecular flexibility index (Phi) is 7.49. The Morgan fingerprint density at radius 2 is 1.73 bits per heavy atom. The van der Waals surface area contributed by atoms with Crippen LogP contribution in [0.2, 0.25) is 0 Å². The van der Waals surface area contributed by atoms with Crippen LogP contribution in [0.5, 0.6) is 5.75 Å². The van der Waals surface area contributed by atoms with Gasteiger partial charge in [-0.2, -0.15) is 0 Å². The van der Waals surface area contributed by atoms with E-state index in [0.717, 1.165) is 12.8 Å². The number of urea groups is 1. The molecule has 2 amide bonds. The molecule has 0 unspecified atom stereocenters. The molecule has 0 fully saturated rings. The average molecular weight is 356 g/mol. The van der Waals surface area contributed by atoms with Gasteiger partial charge >= 0.3 is 12.0 Å². The van der Waals surface area contributed by atoms with Gasteiger partial charge in [-0.3, -0.25) is 0 Å². The molecule has 0 saturated heterocycles. The molecular formula is C20H24N2O4. The number of hydrogen-bond donors (Lipinski definition) is 2. The maximum Gasteiger partial charge on any atom is 0.340 e. The van der Waals surface area contributed by atoms with E-state index in [9.17, 15) is 9.59 Å². The van der Waals surface area contributed by atoms with Crippen molar-refractivity contribution in [3.05, 3.63) is 59.7 Å². The summed E-state index contributed by atoms with van der Waals surface area (Å²) in [6, 6.07) is 14.0. The number of amides is 2. The van der Waals surface area contributed by atoms with Gasteiger partial charge in [-0.25, -0.2) is 9.59 Å². The minimum Gasteiger partial charge on any atom is -0.473 e. The normalized spacial score (nSPS) is 10.1. The molecule has 0 aliphatic carbocycles. The van der Waals surface area contributed by atoms with Crippen LogP contribution in [-0.4, -0.2) is 25.3 Å². The molecule has 0 aromatic heterocycles. The fraction of sp³-hybridized carbons (Fsp3) is 0.300. The number of carbonyl (C=O) groups excluding carboxylic acids is 2. The Labute approximate surface area is 153 Å². The molecule has 0 aliphatic rings. The Morgan fingerprint density at radius 3 is 2.42 bits per heavy atom. The highest BCUT2D eigenvalue weighted by molar-refractivity contribution is 6.00. The van der Waals surface area contributed by atoms with Crippen molar-refractivity contribution in [3.63, 3.8) is 0 Å². The second-order valence-corrected chi connectivity index (χ2v) is 5.58. The topological polar surface area (TPSA) is 76.7 Å². The highest BCUT2D eigenvalue weighted by Crippen LogP contribution is 2.16. The number of aryl methyl sites for hydroxylation is 1. The molecule has 0 bridgehead atoms. The lowest BCUT2D eigenvalue weighted by Crippen LogP contribution is -2.32. The molecule has 6 heteroatoms. The van der Waals surface area contributed by atoms with Gasteiger partial charge < -0.3 is 20.1 Å². The van der Waals surface area contributed by atoms with Crippen molar-refractivity contribution < 1.29 is 19.1 Å². The van der Waals surface area contributed by atoms with Gasteiger partial charge in [0.25, 0.3) is 0 Å². The Morgan fingerprint density at radius 1 is 1.00 bits per heavy atom. The smallest absolute Gasteiger partial charge is 0.340 e. The van der Waals surface area contributed by atoms with Gasteiger partial charge in [0.1, 0.15) is 5.75 Å². The van der Waals surface area contributed by atoms with Crippen molar-refractivity contribution in [1.82, 2.24) is 5.32 Å².